The quantitative estimate of drug-likeness (QED) is 0.472. The molecule has 0 spiro atoms. The van der Waals surface area contributed by atoms with Crippen molar-refractivity contribution in [1.82, 2.24) is 4.90 Å². The van der Waals surface area contributed by atoms with Gasteiger partial charge in [-0.15, -0.1) is 0 Å². The van der Waals surface area contributed by atoms with Crippen LogP contribution in [0.4, 0.5) is 0 Å². The number of amides is 1. The zero-order valence-corrected chi connectivity index (χ0v) is 15.0. The van der Waals surface area contributed by atoms with Crippen LogP contribution in [0.1, 0.15) is 17.2 Å². The van der Waals surface area contributed by atoms with Crippen molar-refractivity contribution in [3.05, 3.63) is 71.8 Å². The molecule has 2 atom stereocenters. The summed E-state index contributed by atoms with van der Waals surface area (Å²) >= 11 is 0. The number of β-lactam (4-membered cyclic amide) rings is 1. The van der Waals surface area contributed by atoms with E-state index in [1.807, 2.05) is 54.6 Å². The minimum Gasteiger partial charge on any atom is -0.497 e. The Bertz CT molecular complexity index is 836. The van der Waals surface area contributed by atoms with E-state index in [0.29, 0.717) is 5.75 Å². The zero-order chi connectivity index (χ0) is 18.7. The van der Waals surface area contributed by atoms with Crippen molar-refractivity contribution in [2.45, 2.75) is 6.04 Å². The second-order valence-corrected chi connectivity index (χ2v) is 6.20. The van der Waals surface area contributed by atoms with Crippen LogP contribution in [-0.4, -0.2) is 38.0 Å². The molecule has 0 aliphatic carbocycles. The Balaban J connectivity index is 2.07. The van der Waals surface area contributed by atoms with Gasteiger partial charge in [-0.2, -0.15) is 0 Å². The van der Waals surface area contributed by atoms with Gasteiger partial charge in [0.2, 0.25) is 5.91 Å². The van der Waals surface area contributed by atoms with Crippen LogP contribution in [0.5, 0.6) is 5.75 Å². The number of likely N-dealkylation sites (tertiary alicyclic amines) is 1. The SMILES string of the molecule is COC(=O)[C@]1(/C=C/c2ccccc2)C(=O)N(C)[C@@H]1c1cccc(OC)c1. The molecule has 0 unspecified atom stereocenters. The van der Waals surface area contributed by atoms with E-state index in [1.54, 1.807) is 31.2 Å². The van der Waals surface area contributed by atoms with E-state index in [0.717, 1.165) is 11.1 Å². The monoisotopic (exact) mass is 351 g/mol. The van der Waals surface area contributed by atoms with Gasteiger partial charge in [0.1, 0.15) is 5.75 Å². The minimum absolute atomic E-state index is 0.288. The lowest BCUT2D eigenvalue weighted by Gasteiger charge is -2.51. The Morgan fingerprint density at radius 3 is 2.50 bits per heavy atom. The van der Waals surface area contributed by atoms with Gasteiger partial charge in [-0.3, -0.25) is 9.59 Å². The van der Waals surface area contributed by atoms with Crippen LogP contribution in [0.2, 0.25) is 0 Å². The maximum Gasteiger partial charge on any atom is 0.327 e. The van der Waals surface area contributed by atoms with Crippen molar-refractivity contribution in [3.8, 4) is 5.75 Å². The van der Waals surface area contributed by atoms with Crippen LogP contribution in [0, 0.1) is 5.41 Å². The maximum atomic E-state index is 12.8. The number of carbonyl (C=O) groups is 2. The molecule has 134 valence electrons. The predicted molar refractivity (Wildman–Crippen MR) is 98.4 cm³/mol. The van der Waals surface area contributed by atoms with E-state index >= 15 is 0 Å². The van der Waals surface area contributed by atoms with Gasteiger partial charge in [-0.1, -0.05) is 54.6 Å². The van der Waals surface area contributed by atoms with E-state index in [4.69, 9.17) is 9.47 Å². The third kappa shape index (κ3) is 2.75. The molecule has 1 fully saturated rings. The zero-order valence-electron chi connectivity index (χ0n) is 15.0. The summed E-state index contributed by atoms with van der Waals surface area (Å²) in [4.78, 5) is 27.0. The molecule has 1 heterocycles. The molecule has 1 saturated heterocycles. The second kappa shape index (κ2) is 7.04. The first-order chi connectivity index (χ1) is 12.5. The van der Waals surface area contributed by atoms with Crippen LogP contribution in [0.15, 0.2) is 60.7 Å². The molecule has 1 aliphatic heterocycles. The topological polar surface area (TPSA) is 55.8 Å². The summed E-state index contributed by atoms with van der Waals surface area (Å²) in [6.07, 6.45) is 3.44. The first kappa shape index (κ1) is 17.7. The minimum atomic E-state index is -1.38. The van der Waals surface area contributed by atoms with Gasteiger partial charge in [0, 0.05) is 7.05 Å². The molecule has 0 saturated carbocycles. The van der Waals surface area contributed by atoms with Gasteiger partial charge in [-0.25, -0.2) is 0 Å². The molecule has 0 radical (unpaired) electrons. The summed E-state index contributed by atoms with van der Waals surface area (Å²) in [5.41, 5.74) is 0.336. The molecule has 2 aromatic rings. The van der Waals surface area contributed by atoms with E-state index in [1.165, 1.54) is 7.11 Å². The molecular weight excluding hydrogens is 330 g/mol. The first-order valence-electron chi connectivity index (χ1n) is 8.28. The molecule has 2 aromatic carbocycles. The van der Waals surface area contributed by atoms with Gasteiger partial charge >= 0.3 is 5.97 Å². The van der Waals surface area contributed by atoms with Crippen molar-refractivity contribution in [2.75, 3.05) is 21.3 Å². The van der Waals surface area contributed by atoms with Crippen LogP contribution < -0.4 is 4.74 Å². The second-order valence-electron chi connectivity index (χ2n) is 6.20. The summed E-state index contributed by atoms with van der Waals surface area (Å²) < 4.78 is 10.3. The molecule has 5 heteroatoms. The molecule has 1 amide bonds. The fourth-order valence-electron chi connectivity index (χ4n) is 3.45. The molecule has 3 rings (SSSR count). The lowest BCUT2D eigenvalue weighted by Crippen LogP contribution is -2.64. The standard InChI is InChI=1S/C21H21NO4/c1-22-18(16-10-7-11-17(14-16)25-2)21(19(22)23,20(24)26-3)13-12-15-8-5-4-6-9-15/h4-14,18H,1-3H3/b13-12+/t18-,21+/m1/s1. The normalized spacial score (nSPS) is 22.2. The Kier molecular flexibility index (Phi) is 4.80. The summed E-state index contributed by atoms with van der Waals surface area (Å²) in [7, 11) is 4.57. The fraction of sp³-hybridized carbons (Fsp3) is 0.238. The number of benzene rings is 2. The smallest absolute Gasteiger partial charge is 0.327 e. The van der Waals surface area contributed by atoms with Crippen LogP contribution in [-0.2, 0) is 14.3 Å². The summed E-state index contributed by atoms with van der Waals surface area (Å²) in [6, 6.07) is 16.5. The van der Waals surface area contributed by atoms with Gasteiger partial charge < -0.3 is 14.4 Å². The van der Waals surface area contributed by atoms with E-state index in [9.17, 15) is 9.59 Å². The van der Waals surface area contributed by atoms with Crippen molar-refractivity contribution in [1.29, 1.82) is 0 Å². The Morgan fingerprint density at radius 2 is 1.85 bits per heavy atom. The van der Waals surface area contributed by atoms with Gasteiger partial charge in [-0.05, 0) is 23.3 Å². The first-order valence-corrected chi connectivity index (χ1v) is 8.28. The molecule has 26 heavy (non-hydrogen) atoms. The Labute approximate surface area is 152 Å². The molecule has 5 nitrogen and oxygen atoms in total. The number of ether oxygens (including phenoxy) is 2. The van der Waals surface area contributed by atoms with Gasteiger partial charge in [0.05, 0.1) is 20.3 Å². The highest BCUT2D eigenvalue weighted by molar-refractivity contribution is 6.11. The average Bonchev–Trinajstić information content (AvgIpc) is 2.70. The lowest BCUT2D eigenvalue weighted by molar-refractivity contribution is -0.180. The van der Waals surface area contributed by atoms with Crippen LogP contribution in [0.25, 0.3) is 6.08 Å². The highest BCUT2D eigenvalue weighted by atomic mass is 16.5. The highest BCUT2D eigenvalue weighted by Gasteiger charge is 2.64. The number of hydrogen-bond donors (Lipinski definition) is 0. The summed E-state index contributed by atoms with van der Waals surface area (Å²) in [5.74, 6) is -0.189. The molecule has 0 aromatic heterocycles. The number of esters is 1. The number of hydrogen-bond acceptors (Lipinski definition) is 4. The van der Waals surface area contributed by atoms with E-state index in [-0.39, 0.29) is 5.91 Å². The van der Waals surface area contributed by atoms with Crippen molar-refractivity contribution >= 4 is 18.0 Å². The number of rotatable bonds is 5. The predicted octanol–water partition coefficient (Wildman–Crippen LogP) is 3.08. The Morgan fingerprint density at radius 1 is 1.12 bits per heavy atom. The number of nitrogens with zero attached hydrogens (tertiary/aromatic N) is 1. The molecule has 0 bridgehead atoms. The maximum absolute atomic E-state index is 12.8. The Hall–Kier alpha value is -3.08. The van der Waals surface area contributed by atoms with Gasteiger partial charge in [0.25, 0.3) is 0 Å². The van der Waals surface area contributed by atoms with Crippen LogP contribution >= 0.6 is 0 Å². The van der Waals surface area contributed by atoms with Crippen LogP contribution in [0.3, 0.4) is 0 Å². The third-order valence-corrected chi connectivity index (χ3v) is 4.76. The molecular formula is C21H21NO4. The number of carbonyl (C=O) groups excluding carboxylic acids is 2. The van der Waals surface area contributed by atoms with Crippen molar-refractivity contribution in [2.24, 2.45) is 5.41 Å². The van der Waals surface area contributed by atoms with E-state index < -0.39 is 17.4 Å². The largest absolute Gasteiger partial charge is 0.497 e. The lowest BCUT2D eigenvalue weighted by atomic mass is 9.67. The van der Waals surface area contributed by atoms with Gasteiger partial charge in [0.15, 0.2) is 5.41 Å². The van der Waals surface area contributed by atoms with Crippen molar-refractivity contribution in [3.63, 3.8) is 0 Å². The fourth-order valence-corrected chi connectivity index (χ4v) is 3.45. The molecule has 0 N–H and O–H groups in total. The number of methoxy groups -OCH3 is 2. The highest BCUT2D eigenvalue weighted by Crippen LogP contribution is 2.51. The third-order valence-electron chi connectivity index (χ3n) is 4.76. The summed E-state index contributed by atoms with van der Waals surface area (Å²) in [5, 5.41) is 0. The summed E-state index contributed by atoms with van der Waals surface area (Å²) in [6.45, 7) is 0. The van der Waals surface area contributed by atoms with E-state index in [2.05, 4.69) is 0 Å². The van der Waals surface area contributed by atoms with Crippen molar-refractivity contribution < 1.29 is 19.1 Å². The molecule has 1 aliphatic rings. The average molecular weight is 351 g/mol.